The molecule has 0 fully saturated rings. The summed E-state index contributed by atoms with van der Waals surface area (Å²) >= 11 is 1.37. The van der Waals surface area contributed by atoms with Crippen LogP contribution in [0.15, 0.2) is 0 Å². The summed E-state index contributed by atoms with van der Waals surface area (Å²) in [6.45, 7) is 1.94. The Morgan fingerprint density at radius 3 is 3.30 bits per heavy atom. The van der Waals surface area contributed by atoms with Gasteiger partial charge in [0.2, 0.25) is 0 Å². The van der Waals surface area contributed by atoms with E-state index in [4.69, 9.17) is 0 Å². The monoisotopic (exact) mass is 156 g/mol. The maximum Gasteiger partial charge on any atom is 0.103 e. The van der Waals surface area contributed by atoms with E-state index in [0.29, 0.717) is 0 Å². The maximum absolute atomic E-state index is 10.9. The maximum atomic E-state index is 10.9. The Kier molecular flexibility index (Phi) is 1.35. The standard InChI is InChI=1S/C6H8N2OS/c9-6-4-3-7-2-1-5(4)10-8-6/h7H,1-3H2,(H,8,9). The molecular weight excluding hydrogens is 148 g/mol. The van der Waals surface area contributed by atoms with Crippen LogP contribution >= 0.6 is 11.5 Å². The molecule has 0 radical (unpaired) electrons. The fourth-order valence-electron chi connectivity index (χ4n) is 1.20. The Morgan fingerprint density at radius 2 is 2.50 bits per heavy atom. The quantitative estimate of drug-likeness (QED) is 0.515. The molecule has 2 heterocycles. The fraction of sp³-hybridized carbons (Fsp3) is 0.500. The lowest BCUT2D eigenvalue weighted by Crippen LogP contribution is -2.84. The molecule has 0 atom stereocenters. The molecule has 0 spiro atoms. The van der Waals surface area contributed by atoms with Crippen LogP contribution in [0.5, 0.6) is 5.88 Å². The summed E-state index contributed by atoms with van der Waals surface area (Å²) < 4.78 is 3.76. The van der Waals surface area contributed by atoms with Crippen LogP contribution in [0.25, 0.3) is 0 Å². The molecule has 0 aromatic carbocycles. The Morgan fingerprint density at radius 1 is 1.60 bits per heavy atom. The molecule has 1 aliphatic rings. The van der Waals surface area contributed by atoms with E-state index >= 15 is 0 Å². The topological polar surface area (TPSA) is 52.6 Å². The van der Waals surface area contributed by atoms with Crippen LogP contribution in [-0.2, 0) is 13.0 Å². The van der Waals surface area contributed by atoms with Crippen molar-refractivity contribution in [3.8, 4) is 5.88 Å². The third-order valence-electron chi connectivity index (χ3n) is 1.76. The van der Waals surface area contributed by atoms with Crippen molar-refractivity contribution < 1.29 is 10.4 Å². The predicted octanol–water partition coefficient (Wildman–Crippen LogP) is -1.16. The van der Waals surface area contributed by atoms with Crippen molar-refractivity contribution in [2.75, 3.05) is 6.54 Å². The van der Waals surface area contributed by atoms with Gasteiger partial charge in [0.1, 0.15) is 6.54 Å². The third kappa shape index (κ3) is 0.803. The highest BCUT2D eigenvalue weighted by Gasteiger charge is 2.13. The molecule has 0 aliphatic carbocycles. The van der Waals surface area contributed by atoms with Crippen LogP contribution in [0, 0.1) is 0 Å². The van der Waals surface area contributed by atoms with Crippen LogP contribution in [0.4, 0.5) is 0 Å². The molecule has 1 aliphatic heterocycles. The minimum atomic E-state index is -0.00375. The normalized spacial score (nSPS) is 16.8. The molecule has 0 saturated heterocycles. The van der Waals surface area contributed by atoms with E-state index in [9.17, 15) is 5.11 Å². The average Bonchev–Trinajstić information content (AvgIpc) is 2.34. The number of fused-ring (bicyclic) bond motifs is 1. The molecular formula is C6H8N2OS. The van der Waals surface area contributed by atoms with Crippen molar-refractivity contribution in [1.29, 1.82) is 0 Å². The number of rotatable bonds is 0. The van der Waals surface area contributed by atoms with Crippen molar-refractivity contribution >= 4 is 11.5 Å². The zero-order valence-corrected chi connectivity index (χ0v) is 6.28. The Bertz CT molecular complexity index is 246. The highest BCUT2D eigenvalue weighted by atomic mass is 32.1. The number of hydrogen-bond acceptors (Lipinski definition) is 3. The summed E-state index contributed by atoms with van der Waals surface area (Å²) in [5.41, 5.74) is 0.941. The van der Waals surface area contributed by atoms with Crippen LogP contribution < -0.4 is 10.4 Å². The Labute approximate surface area is 62.9 Å². The number of aromatic nitrogens is 1. The molecule has 1 aromatic rings. The zero-order valence-electron chi connectivity index (χ0n) is 5.46. The van der Waals surface area contributed by atoms with Crippen molar-refractivity contribution in [3.63, 3.8) is 0 Å². The van der Waals surface area contributed by atoms with Gasteiger partial charge in [0.05, 0.1) is 6.54 Å². The van der Waals surface area contributed by atoms with Crippen LogP contribution in [0.1, 0.15) is 10.4 Å². The molecule has 0 bridgehead atoms. The van der Waals surface area contributed by atoms with Gasteiger partial charge >= 0.3 is 0 Å². The highest BCUT2D eigenvalue weighted by molar-refractivity contribution is 7.06. The number of quaternary nitrogens is 1. The molecule has 2 rings (SSSR count). The van der Waals surface area contributed by atoms with E-state index < -0.39 is 0 Å². The average molecular weight is 156 g/mol. The van der Waals surface area contributed by atoms with Crippen LogP contribution in [0.2, 0.25) is 0 Å². The molecule has 4 heteroatoms. The van der Waals surface area contributed by atoms with Crippen molar-refractivity contribution in [1.82, 2.24) is 4.37 Å². The first kappa shape index (κ1) is 6.12. The fourth-order valence-corrected chi connectivity index (χ4v) is 2.00. The number of hydrogen-bond donors (Lipinski definition) is 1. The molecule has 0 unspecified atom stereocenters. The van der Waals surface area contributed by atoms with Gasteiger partial charge in [0.15, 0.2) is 0 Å². The van der Waals surface area contributed by atoms with E-state index in [2.05, 4.69) is 9.69 Å². The van der Waals surface area contributed by atoms with E-state index in [-0.39, 0.29) is 5.88 Å². The largest absolute Gasteiger partial charge is 0.858 e. The van der Waals surface area contributed by atoms with E-state index in [1.54, 1.807) is 0 Å². The van der Waals surface area contributed by atoms with Gasteiger partial charge in [-0.2, -0.15) is 0 Å². The lowest BCUT2D eigenvalue weighted by atomic mass is 10.1. The summed E-state index contributed by atoms with van der Waals surface area (Å²) in [4.78, 5) is 1.20. The number of nitrogens with two attached hydrogens (primary N) is 1. The SMILES string of the molecule is [O-]c1nsc2c1C[NH2+]CC2. The van der Waals surface area contributed by atoms with E-state index in [0.717, 1.165) is 25.1 Å². The van der Waals surface area contributed by atoms with Gasteiger partial charge < -0.3 is 10.4 Å². The molecule has 2 N–H and O–H groups in total. The Balaban J connectivity index is 2.45. The molecule has 3 nitrogen and oxygen atoms in total. The second-order valence-electron chi connectivity index (χ2n) is 2.42. The van der Waals surface area contributed by atoms with E-state index in [1.807, 2.05) is 0 Å². The van der Waals surface area contributed by atoms with Gasteiger partial charge in [-0.05, 0) is 11.5 Å². The summed E-state index contributed by atoms with van der Waals surface area (Å²) in [5, 5.41) is 13.1. The predicted molar refractivity (Wildman–Crippen MR) is 35.8 cm³/mol. The molecule has 0 saturated carbocycles. The van der Waals surface area contributed by atoms with Gasteiger partial charge in [-0.3, -0.25) is 0 Å². The first-order chi connectivity index (χ1) is 4.88. The van der Waals surface area contributed by atoms with E-state index in [1.165, 1.54) is 16.4 Å². The minimum absolute atomic E-state index is 0.00375. The number of nitrogens with zero attached hydrogens (tertiary/aromatic N) is 1. The summed E-state index contributed by atoms with van der Waals surface area (Å²) in [6.07, 6.45) is 1.02. The van der Waals surface area contributed by atoms with Crippen molar-refractivity contribution in [2.24, 2.45) is 0 Å². The second-order valence-corrected chi connectivity index (χ2v) is 3.28. The molecule has 54 valence electrons. The van der Waals surface area contributed by atoms with Crippen molar-refractivity contribution in [2.45, 2.75) is 13.0 Å². The van der Waals surface area contributed by atoms with Gasteiger partial charge in [0.25, 0.3) is 0 Å². The van der Waals surface area contributed by atoms with Gasteiger partial charge in [-0.1, -0.05) is 0 Å². The highest BCUT2D eigenvalue weighted by Crippen LogP contribution is 2.22. The van der Waals surface area contributed by atoms with Gasteiger partial charge in [-0.25, -0.2) is 4.37 Å². The van der Waals surface area contributed by atoms with Crippen LogP contribution in [-0.4, -0.2) is 10.9 Å². The van der Waals surface area contributed by atoms with Gasteiger partial charge in [-0.15, -0.1) is 0 Å². The lowest BCUT2D eigenvalue weighted by molar-refractivity contribution is -0.673. The molecule has 0 amide bonds. The summed E-state index contributed by atoms with van der Waals surface area (Å²) in [6, 6.07) is 0. The lowest BCUT2D eigenvalue weighted by Gasteiger charge is -2.11. The minimum Gasteiger partial charge on any atom is -0.858 e. The Hall–Kier alpha value is -0.610. The zero-order chi connectivity index (χ0) is 6.97. The molecule has 1 aromatic heterocycles. The van der Waals surface area contributed by atoms with Crippen molar-refractivity contribution in [3.05, 3.63) is 10.4 Å². The van der Waals surface area contributed by atoms with Gasteiger partial charge in [0, 0.05) is 22.7 Å². The summed E-state index contributed by atoms with van der Waals surface area (Å²) in [5.74, 6) is -0.00375. The second kappa shape index (κ2) is 2.21. The first-order valence-electron chi connectivity index (χ1n) is 3.34. The summed E-state index contributed by atoms with van der Waals surface area (Å²) in [7, 11) is 0. The molecule has 10 heavy (non-hydrogen) atoms. The van der Waals surface area contributed by atoms with Crippen LogP contribution in [0.3, 0.4) is 0 Å². The first-order valence-corrected chi connectivity index (χ1v) is 4.11. The third-order valence-corrected chi connectivity index (χ3v) is 2.69. The smallest absolute Gasteiger partial charge is 0.103 e.